The largest absolute Gasteiger partial charge is 0.508 e. The van der Waals surface area contributed by atoms with Gasteiger partial charge in [-0.15, -0.1) is 0 Å². The second kappa shape index (κ2) is 9.24. The Balaban J connectivity index is 2.11. The van der Waals surface area contributed by atoms with E-state index in [9.17, 15) is 9.50 Å². The molecule has 0 heterocycles. The van der Waals surface area contributed by atoms with Gasteiger partial charge in [-0.3, -0.25) is 0 Å². The number of nitrogens with zero attached hydrogens (tertiary/aromatic N) is 1. The first-order valence-electron chi connectivity index (χ1n) is 7.35. The summed E-state index contributed by atoms with van der Waals surface area (Å²) >= 11 is 3.33. The van der Waals surface area contributed by atoms with Gasteiger partial charge in [0.2, 0.25) is 0 Å². The molecule has 0 spiro atoms. The number of halogens is 2. The minimum absolute atomic E-state index is 0.183. The molecule has 0 fully saturated rings. The smallest absolute Gasteiger partial charge is 0.196 e. The third kappa shape index (κ3) is 5.82. The molecule has 0 unspecified atom stereocenters. The zero-order chi connectivity index (χ0) is 17.4. The molecule has 0 aromatic heterocycles. The monoisotopic (exact) mass is 395 g/mol. The molecular formula is C17H19BrFN3O2. The molecule has 0 aliphatic heterocycles. The minimum Gasteiger partial charge on any atom is -0.508 e. The molecule has 0 atom stereocenters. The molecule has 2 rings (SSSR count). The lowest BCUT2D eigenvalue weighted by Gasteiger charge is -2.13. The molecule has 0 aliphatic carbocycles. The summed E-state index contributed by atoms with van der Waals surface area (Å²) in [6.07, 6.45) is 0. The van der Waals surface area contributed by atoms with Gasteiger partial charge in [0, 0.05) is 29.4 Å². The van der Waals surface area contributed by atoms with Crippen molar-refractivity contribution < 1.29 is 14.2 Å². The Hall–Kier alpha value is -2.12. The van der Waals surface area contributed by atoms with Crippen molar-refractivity contribution in [1.29, 1.82) is 0 Å². The first-order chi connectivity index (χ1) is 11.6. The number of guanidine groups is 1. The van der Waals surface area contributed by atoms with Crippen LogP contribution in [-0.2, 0) is 11.3 Å². The van der Waals surface area contributed by atoms with Crippen molar-refractivity contribution in [2.75, 3.05) is 25.6 Å². The lowest BCUT2D eigenvalue weighted by molar-refractivity contribution is 0.204. The molecule has 3 N–H and O–H groups in total. The first-order valence-corrected chi connectivity index (χ1v) is 8.15. The molecule has 128 valence electrons. The SMILES string of the molecule is COCCNC(=NCc1cc(Br)ccc1F)Nc1ccc(O)cc1. The van der Waals surface area contributed by atoms with Crippen LogP contribution in [0.3, 0.4) is 0 Å². The van der Waals surface area contributed by atoms with Crippen LogP contribution in [0.15, 0.2) is 51.9 Å². The van der Waals surface area contributed by atoms with E-state index >= 15 is 0 Å². The zero-order valence-corrected chi connectivity index (χ0v) is 14.8. The highest BCUT2D eigenvalue weighted by atomic mass is 79.9. The van der Waals surface area contributed by atoms with Gasteiger partial charge in [-0.2, -0.15) is 0 Å². The maximum absolute atomic E-state index is 13.8. The summed E-state index contributed by atoms with van der Waals surface area (Å²) in [6.45, 7) is 1.26. The second-order valence-electron chi connectivity index (χ2n) is 4.99. The number of rotatable bonds is 6. The van der Waals surface area contributed by atoms with Crippen molar-refractivity contribution in [1.82, 2.24) is 5.32 Å². The lowest BCUT2D eigenvalue weighted by atomic mass is 10.2. The number of aliphatic imine (C=N–C) groups is 1. The quantitative estimate of drug-likeness (QED) is 0.303. The van der Waals surface area contributed by atoms with Crippen molar-refractivity contribution >= 4 is 27.6 Å². The summed E-state index contributed by atoms with van der Waals surface area (Å²) in [5.41, 5.74) is 1.24. The predicted molar refractivity (Wildman–Crippen MR) is 96.8 cm³/mol. The predicted octanol–water partition coefficient (Wildman–Crippen LogP) is 3.50. The van der Waals surface area contributed by atoms with Crippen LogP contribution in [-0.4, -0.2) is 31.3 Å². The zero-order valence-electron chi connectivity index (χ0n) is 13.2. The van der Waals surface area contributed by atoms with Crippen molar-refractivity contribution in [3.05, 3.63) is 58.3 Å². The summed E-state index contributed by atoms with van der Waals surface area (Å²) in [6, 6.07) is 11.3. The molecular weight excluding hydrogens is 377 g/mol. The number of hydrogen-bond donors (Lipinski definition) is 3. The van der Waals surface area contributed by atoms with Crippen molar-refractivity contribution in [2.24, 2.45) is 4.99 Å². The normalized spacial score (nSPS) is 11.4. The maximum atomic E-state index is 13.8. The standard InChI is InChI=1S/C17H19BrFN3O2/c1-24-9-8-20-17(22-14-3-5-15(23)6-4-14)21-11-12-10-13(18)2-7-16(12)19/h2-7,10,23H,8-9,11H2,1H3,(H2,20,21,22). The summed E-state index contributed by atoms with van der Waals surface area (Å²) in [7, 11) is 1.61. The van der Waals surface area contributed by atoms with E-state index in [2.05, 4.69) is 31.6 Å². The molecule has 0 saturated carbocycles. The molecule has 0 radical (unpaired) electrons. The lowest BCUT2D eigenvalue weighted by Crippen LogP contribution is -2.33. The number of benzene rings is 2. The van der Waals surface area contributed by atoms with E-state index in [1.165, 1.54) is 6.07 Å². The minimum atomic E-state index is -0.303. The fourth-order valence-corrected chi connectivity index (χ4v) is 2.33. The van der Waals surface area contributed by atoms with Crippen molar-refractivity contribution in [2.45, 2.75) is 6.54 Å². The van der Waals surface area contributed by atoms with Gasteiger partial charge < -0.3 is 20.5 Å². The van der Waals surface area contributed by atoms with E-state index in [0.717, 1.165) is 10.2 Å². The van der Waals surface area contributed by atoms with Crippen LogP contribution in [0, 0.1) is 5.82 Å². The average Bonchev–Trinajstić information content (AvgIpc) is 2.57. The molecule has 0 aliphatic rings. The Bertz CT molecular complexity index is 693. The van der Waals surface area contributed by atoms with Crippen LogP contribution < -0.4 is 10.6 Å². The summed E-state index contributed by atoms with van der Waals surface area (Å²) in [5, 5.41) is 15.5. The highest BCUT2D eigenvalue weighted by Crippen LogP contribution is 2.17. The molecule has 0 saturated heterocycles. The van der Waals surface area contributed by atoms with Crippen LogP contribution in [0.5, 0.6) is 5.75 Å². The van der Waals surface area contributed by atoms with Gasteiger partial charge in [0.1, 0.15) is 11.6 Å². The van der Waals surface area contributed by atoms with E-state index in [-0.39, 0.29) is 18.1 Å². The van der Waals surface area contributed by atoms with E-state index in [0.29, 0.717) is 24.7 Å². The van der Waals surface area contributed by atoms with E-state index in [4.69, 9.17) is 4.74 Å². The Morgan fingerprint density at radius 2 is 2.00 bits per heavy atom. The number of phenolic OH excluding ortho intramolecular Hbond substituents is 1. The number of anilines is 1. The van der Waals surface area contributed by atoms with Gasteiger partial charge in [-0.25, -0.2) is 9.38 Å². The average molecular weight is 396 g/mol. The number of methoxy groups -OCH3 is 1. The van der Waals surface area contributed by atoms with E-state index in [1.54, 1.807) is 43.5 Å². The number of ether oxygens (including phenoxy) is 1. The van der Waals surface area contributed by atoms with Crippen LogP contribution in [0.1, 0.15) is 5.56 Å². The van der Waals surface area contributed by atoms with Crippen LogP contribution in [0.2, 0.25) is 0 Å². The van der Waals surface area contributed by atoms with Crippen LogP contribution in [0.25, 0.3) is 0 Å². The molecule has 0 bridgehead atoms. The summed E-state index contributed by atoms with van der Waals surface area (Å²) in [4.78, 5) is 4.40. The van der Waals surface area contributed by atoms with Gasteiger partial charge in [0.25, 0.3) is 0 Å². The number of aromatic hydroxyl groups is 1. The Morgan fingerprint density at radius 3 is 2.71 bits per heavy atom. The summed E-state index contributed by atoms with van der Waals surface area (Å²) < 4.78 is 19.6. The molecule has 24 heavy (non-hydrogen) atoms. The highest BCUT2D eigenvalue weighted by Gasteiger charge is 2.04. The third-order valence-electron chi connectivity index (χ3n) is 3.14. The highest BCUT2D eigenvalue weighted by molar-refractivity contribution is 9.10. The fourth-order valence-electron chi connectivity index (χ4n) is 1.92. The molecule has 7 heteroatoms. The van der Waals surface area contributed by atoms with Crippen molar-refractivity contribution in [3.8, 4) is 5.75 Å². The number of nitrogens with one attached hydrogen (secondary N) is 2. The maximum Gasteiger partial charge on any atom is 0.196 e. The van der Waals surface area contributed by atoms with Gasteiger partial charge in [-0.05, 0) is 42.5 Å². The Kier molecular flexibility index (Phi) is 7.02. The van der Waals surface area contributed by atoms with Gasteiger partial charge in [0.05, 0.1) is 13.2 Å². The molecule has 5 nitrogen and oxygen atoms in total. The van der Waals surface area contributed by atoms with Gasteiger partial charge in [-0.1, -0.05) is 15.9 Å². The molecule has 0 amide bonds. The topological polar surface area (TPSA) is 65.9 Å². The van der Waals surface area contributed by atoms with Gasteiger partial charge in [0.15, 0.2) is 5.96 Å². The first kappa shape index (κ1) is 18.2. The van der Waals surface area contributed by atoms with E-state index in [1.807, 2.05) is 0 Å². The third-order valence-corrected chi connectivity index (χ3v) is 3.64. The number of hydrogen-bond acceptors (Lipinski definition) is 3. The van der Waals surface area contributed by atoms with Crippen LogP contribution in [0.4, 0.5) is 10.1 Å². The molecule has 2 aromatic rings. The summed E-state index contributed by atoms with van der Waals surface area (Å²) in [5.74, 6) is 0.377. The van der Waals surface area contributed by atoms with Gasteiger partial charge >= 0.3 is 0 Å². The van der Waals surface area contributed by atoms with E-state index < -0.39 is 0 Å². The Morgan fingerprint density at radius 1 is 1.25 bits per heavy atom. The van der Waals surface area contributed by atoms with Crippen molar-refractivity contribution in [3.63, 3.8) is 0 Å². The fraction of sp³-hybridized carbons (Fsp3) is 0.235. The number of phenols is 1. The second-order valence-corrected chi connectivity index (χ2v) is 5.91. The molecule has 2 aromatic carbocycles. The van der Waals surface area contributed by atoms with Crippen LogP contribution >= 0.6 is 15.9 Å². The Labute approximate surface area is 148 Å².